The van der Waals surface area contributed by atoms with Crippen LogP contribution >= 0.6 is 0 Å². The Morgan fingerprint density at radius 3 is 1.95 bits per heavy atom. The van der Waals surface area contributed by atoms with Crippen LogP contribution in [0.1, 0.15) is 27.7 Å². The van der Waals surface area contributed by atoms with Crippen LogP contribution in [0.5, 0.6) is 0 Å². The third-order valence-corrected chi connectivity index (χ3v) is 1.69. The van der Waals surface area contributed by atoms with Gasteiger partial charge >= 0.3 is 18.2 Å². The number of alkyl halides is 3. The molecule has 0 fully saturated rings. The Hall–Kier alpha value is -2.00. The third-order valence-electron chi connectivity index (χ3n) is 1.69. The molecule has 0 aromatic rings. The van der Waals surface area contributed by atoms with Crippen LogP contribution in [0.4, 0.5) is 18.0 Å². The molecule has 10 heteroatoms. The zero-order chi connectivity index (χ0) is 16.1. The molecule has 0 rings (SSSR count). The average Bonchev–Trinajstić information content (AvgIpc) is 2.20. The van der Waals surface area contributed by atoms with Crippen molar-refractivity contribution in [1.82, 2.24) is 16.2 Å². The maximum atomic E-state index is 11.8. The smallest absolute Gasteiger partial charge is 0.436 e. The van der Waals surface area contributed by atoms with Crippen molar-refractivity contribution >= 4 is 17.9 Å². The molecule has 0 saturated heterocycles. The van der Waals surface area contributed by atoms with Crippen LogP contribution in [0.3, 0.4) is 0 Å². The lowest BCUT2D eigenvalue weighted by molar-refractivity contribution is -0.175. The highest BCUT2D eigenvalue weighted by molar-refractivity contribution is 5.87. The molecule has 0 unspecified atom stereocenters. The lowest BCUT2D eigenvalue weighted by Gasteiger charge is -2.21. The first kappa shape index (κ1) is 18.0. The highest BCUT2D eigenvalue weighted by atomic mass is 19.4. The van der Waals surface area contributed by atoms with E-state index < -0.39 is 35.7 Å². The summed E-state index contributed by atoms with van der Waals surface area (Å²) in [5.74, 6) is -3.44. The van der Waals surface area contributed by atoms with Crippen LogP contribution in [0.2, 0.25) is 0 Å². The Kier molecular flexibility index (Phi) is 5.79. The molecule has 0 bridgehead atoms. The van der Waals surface area contributed by atoms with E-state index in [1.807, 2.05) is 0 Å². The summed E-state index contributed by atoms with van der Waals surface area (Å²) in [5.41, 5.74) is 2.04. The van der Waals surface area contributed by atoms with Gasteiger partial charge in [-0.3, -0.25) is 20.4 Å². The van der Waals surface area contributed by atoms with E-state index in [1.165, 1.54) is 5.43 Å². The van der Waals surface area contributed by atoms with Gasteiger partial charge in [-0.1, -0.05) is 0 Å². The van der Waals surface area contributed by atoms with E-state index in [4.69, 9.17) is 0 Å². The van der Waals surface area contributed by atoms with E-state index in [2.05, 4.69) is 10.1 Å². The number of amides is 3. The Morgan fingerprint density at radius 2 is 1.55 bits per heavy atom. The number of carbonyl (C=O) groups excluding carboxylic acids is 3. The van der Waals surface area contributed by atoms with Gasteiger partial charge in [-0.05, 0) is 27.7 Å². The highest BCUT2D eigenvalue weighted by Gasteiger charge is 2.39. The van der Waals surface area contributed by atoms with Gasteiger partial charge in [0.1, 0.15) is 0 Å². The average molecular weight is 299 g/mol. The molecule has 116 valence electrons. The molecule has 0 spiro atoms. The second-order valence-corrected chi connectivity index (χ2v) is 4.86. The molecule has 3 amide bonds. The molecular formula is C10H16F3N3O4. The summed E-state index contributed by atoms with van der Waals surface area (Å²) in [7, 11) is 0. The van der Waals surface area contributed by atoms with Gasteiger partial charge in [-0.25, -0.2) is 4.79 Å². The first-order valence-corrected chi connectivity index (χ1v) is 5.49. The molecule has 0 aliphatic rings. The molecule has 3 N–H and O–H groups in total. The first-order valence-electron chi connectivity index (χ1n) is 5.49. The molecular weight excluding hydrogens is 283 g/mol. The molecule has 7 nitrogen and oxygen atoms in total. The SMILES string of the molecule is C[C@@H](OC(=O)NC(C)(C)C)C(=O)NNC(=O)C(F)(F)F. The fourth-order valence-electron chi connectivity index (χ4n) is 0.841. The molecule has 1 atom stereocenters. The largest absolute Gasteiger partial charge is 0.472 e. The van der Waals surface area contributed by atoms with E-state index in [-0.39, 0.29) is 0 Å². The van der Waals surface area contributed by atoms with Crippen LogP contribution in [0, 0.1) is 0 Å². The van der Waals surface area contributed by atoms with Gasteiger partial charge in [0.2, 0.25) is 0 Å². The topological polar surface area (TPSA) is 96.5 Å². The lowest BCUT2D eigenvalue weighted by Crippen LogP contribution is -2.51. The maximum absolute atomic E-state index is 11.8. The van der Waals surface area contributed by atoms with Gasteiger partial charge in [0.25, 0.3) is 5.91 Å². The number of carbonyl (C=O) groups is 3. The summed E-state index contributed by atoms with van der Waals surface area (Å²) >= 11 is 0. The fourth-order valence-corrected chi connectivity index (χ4v) is 0.841. The number of alkyl carbamates (subject to hydrolysis) is 1. The lowest BCUT2D eigenvalue weighted by atomic mass is 10.1. The molecule has 0 heterocycles. The minimum Gasteiger partial charge on any atom is -0.436 e. The summed E-state index contributed by atoms with van der Waals surface area (Å²) in [6, 6.07) is 0. The van der Waals surface area contributed by atoms with E-state index >= 15 is 0 Å². The van der Waals surface area contributed by atoms with Crippen LogP contribution in [-0.2, 0) is 14.3 Å². The minimum absolute atomic E-state index is 0.599. The summed E-state index contributed by atoms with van der Waals surface area (Å²) in [5, 5.41) is 2.39. The van der Waals surface area contributed by atoms with Gasteiger partial charge in [0, 0.05) is 5.54 Å². The van der Waals surface area contributed by atoms with Crippen molar-refractivity contribution in [3.8, 4) is 0 Å². The maximum Gasteiger partial charge on any atom is 0.472 e. The van der Waals surface area contributed by atoms with Gasteiger partial charge in [0.15, 0.2) is 6.10 Å². The minimum atomic E-state index is -5.12. The Morgan fingerprint density at radius 1 is 1.05 bits per heavy atom. The van der Waals surface area contributed by atoms with E-state index in [0.29, 0.717) is 0 Å². The highest BCUT2D eigenvalue weighted by Crippen LogP contribution is 2.13. The molecule has 0 aromatic heterocycles. The predicted molar refractivity (Wildman–Crippen MR) is 61.2 cm³/mol. The van der Waals surface area contributed by atoms with Gasteiger partial charge in [0.05, 0.1) is 0 Å². The Bertz CT molecular complexity index is 390. The zero-order valence-corrected chi connectivity index (χ0v) is 11.3. The Balaban J connectivity index is 4.24. The van der Waals surface area contributed by atoms with Crippen LogP contribution in [-0.4, -0.2) is 35.7 Å². The zero-order valence-electron chi connectivity index (χ0n) is 11.3. The number of halogens is 3. The second-order valence-electron chi connectivity index (χ2n) is 4.86. The predicted octanol–water partition coefficient (Wildman–Crippen LogP) is 0.609. The summed E-state index contributed by atoms with van der Waals surface area (Å²) in [4.78, 5) is 33.0. The standard InChI is InChI=1S/C10H16F3N3O4/c1-5(20-8(19)14-9(2,3)4)6(17)15-16-7(18)10(11,12)13/h5H,1-4H3,(H,14,19)(H,15,17)(H,16,18)/t5-/m1/s1. The van der Waals surface area contributed by atoms with Crippen molar-refractivity contribution < 1.29 is 32.3 Å². The molecule has 20 heavy (non-hydrogen) atoms. The Labute approximate surface area is 113 Å². The molecule has 0 radical (unpaired) electrons. The van der Waals surface area contributed by atoms with Crippen molar-refractivity contribution in [2.45, 2.75) is 45.5 Å². The van der Waals surface area contributed by atoms with Crippen molar-refractivity contribution in [2.24, 2.45) is 0 Å². The fraction of sp³-hybridized carbons (Fsp3) is 0.700. The molecule has 0 aromatic carbocycles. The van der Waals surface area contributed by atoms with E-state index in [0.717, 1.165) is 12.3 Å². The van der Waals surface area contributed by atoms with E-state index in [1.54, 1.807) is 20.8 Å². The summed E-state index contributed by atoms with van der Waals surface area (Å²) in [6.45, 7) is 6.14. The molecule has 0 aliphatic carbocycles. The number of rotatable bonds is 2. The third kappa shape index (κ3) is 7.44. The van der Waals surface area contributed by atoms with Crippen molar-refractivity contribution in [3.05, 3.63) is 0 Å². The van der Waals surface area contributed by atoms with Gasteiger partial charge < -0.3 is 10.1 Å². The number of hydrogen-bond acceptors (Lipinski definition) is 4. The number of ether oxygens (including phenoxy) is 1. The van der Waals surface area contributed by atoms with Gasteiger partial charge in [-0.2, -0.15) is 13.2 Å². The van der Waals surface area contributed by atoms with Crippen molar-refractivity contribution in [3.63, 3.8) is 0 Å². The summed E-state index contributed by atoms with van der Waals surface area (Å²) in [6.07, 6.45) is -7.42. The second kappa shape index (κ2) is 6.44. The molecule has 0 aliphatic heterocycles. The number of hydrazine groups is 1. The first-order chi connectivity index (χ1) is 8.83. The van der Waals surface area contributed by atoms with Crippen LogP contribution < -0.4 is 16.2 Å². The number of nitrogens with one attached hydrogen (secondary N) is 3. The normalized spacial score (nSPS) is 13.2. The van der Waals surface area contributed by atoms with Crippen molar-refractivity contribution in [1.29, 1.82) is 0 Å². The summed E-state index contributed by atoms with van der Waals surface area (Å²) < 4.78 is 40.1. The van der Waals surface area contributed by atoms with Crippen LogP contribution in [0.15, 0.2) is 0 Å². The van der Waals surface area contributed by atoms with Crippen LogP contribution in [0.25, 0.3) is 0 Å². The monoisotopic (exact) mass is 299 g/mol. The number of hydrogen-bond donors (Lipinski definition) is 3. The quantitative estimate of drug-likeness (QED) is 0.651. The van der Waals surface area contributed by atoms with E-state index in [9.17, 15) is 27.6 Å². The van der Waals surface area contributed by atoms with Crippen molar-refractivity contribution in [2.75, 3.05) is 0 Å². The molecule has 0 saturated carbocycles. The van der Waals surface area contributed by atoms with Gasteiger partial charge in [-0.15, -0.1) is 0 Å².